The normalized spacial score (nSPS) is 19.4. The van der Waals surface area contributed by atoms with E-state index in [4.69, 9.17) is 0 Å². The Morgan fingerprint density at radius 2 is 1.87 bits per heavy atom. The van der Waals surface area contributed by atoms with E-state index in [0.29, 0.717) is 24.3 Å². The number of amides is 2. The van der Waals surface area contributed by atoms with Crippen LogP contribution in [-0.4, -0.2) is 39.1 Å². The van der Waals surface area contributed by atoms with Crippen LogP contribution in [0.3, 0.4) is 0 Å². The summed E-state index contributed by atoms with van der Waals surface area (Å²) < 4.78 is 25.1. The summed E-state index contributed by atoms with van der Waals surface area (Å²) in [5.74, 6) is -0.133. The van der Waals surface area contributed by atoms with E-state index in [1.165, 1.54) is 4.31 Å². The van der Waals surface area contributed by atoms with E-state index in [2.05, 4.69) is 10.6 Å². The Balaban J connectivity index is 1.54. The minimum Gasteiger partial charge on any atom is -0.347 e. The molecule has 1 aliphatic carbocycles. The predicted molar refractivity (Wildman–Crippen MR) is 86.6 cm³/mol. The van der Waals surface area contributed by atoms with Gasteiger partial charge in [0.1, 0.15) is 0 Å². The van der Waals surface area contributed by atoms with E-state index in [1.807, 2.05) is 0 Å². The van der Waals surface area contributed by atoms with Gasteiger partial charge in [0.05, 0.1) is 18.0 Å². The molecule has 0 radical (unpaired) electrons. The summed E-state index contributed by atoms with van der Waals surface area (Å²) >= 11 is 0. The smallest absolute Gasteiger partial charge is 0.243 e. The summed E-state index contributed by atoms with van der Waals surface area (Å²) in [6.45, 7) is 0.429. The van der Waals surface area contributed by atoms with Crippen LogP contribution >= 0.6 is 0 Å². The van der Waals surface area contributed by atoms with Crippen LogP contribution in [0, 0.1) is 5.92 Å². The molecule has 1 aliphatic heterocycles. The molecule has 23 heavy (non-hydrogen) atoms. The summed E-state index contributed by atoms with van der Waals surface area (Å²) in [6, 6.07) is 6.65. The Bertz CT molecular complexity index is 711. The zero-order valence-corrected chi connectivity index (χ0v) is 13.4. The molecule has 1 saturated heterocycles. The molecule has 1 saturated carbocycles. The number of rotatable bonds is 5. The van der Waals surface area contributed by atoms with E-state index >= 15 is 0 Å². The first-order valence-corrected chi connectivity index (χ1v) is 9.25. The minimum atomic E-state index is -3.20. The van der Waals surface area contributed by atoms with Gasteiger partial charge in [0.15, 0.2) is 0 Å². The molecule has 2 fully saturated rings. The van der Waals surface area contributed by atoms with E-state index in [1.54, 1.807) is 24.3 Å². The van der Waals surface area contributed by atoms with Crippen LogP contribution in [0.15, 0.2) is 24.3 Å². The Hall–Kier alpha value is -2.09. The zero-order valence-electron chi connectivity index (χ0n) is 12.6. The quantitative estimate of drug-likeness (QED) is 0.826. The van der Waals surface area contributed by atoms with Crippen molar-refractivity contribution in [1.29, 1.82) is 0 Å². The highest BCUT2D eigenvalue weighted by Gasteiger charge is 2.30. The van der Waals surface area contributed by atoms with Crippen molar-refractivity contribution in [3.63, 3.8) is 0 Å². The first kappa shape index (κ1) is 15.8. The molecule has 0 atom stereocenters. The fourth-order valence-electron chi connectivity index (χ4n) is 2.50. The second-order valence-electron chi connectivity index (χ2n) is 5.83. The number of anilines is 2. The van der Waals surface area contributed by atoms with Crippen molar-refractivity contribution in [1.82, 2.24) is 5.32 Å². The molecule has 0 unspecified atom stereocenters. The number of nitrogens with zero attached hydrogens (tertiary/aromatic N) is 1. The summed E-state index contributed by atoms with van der Waals surface area (Å²) in [7, 11) is -3.20. The lowest BCUT2D eigenvalue weighted by molar-refractivity contribution is -0.125. The molecule has 0 spiro atoms. The number of hydrogen-bond donors (Lipinski definition) is 2. The van der Waals surface area contributed by atoms with Gasteiger partial charge in [0, 0.05) is 18.2 Å². The monoisotopic (exact) mass is 337 g/mol. The molecule has 2 aliphatic rings. The number of hydrogen-bond acceptors (Lipinski definition) is 4. The first-order chi connectivity index (χ1) is 11.0. The number of nitrogens with one attached hydrogen (secondary N) is 2. The van der Waals surface area contributed by atoms with E-state index in [9.17, 15) is 18.0 Å². The zero-order chi connectivity index (χ0) is 16.4. The Labute approximate surface area is 135 Å². The van der Waals surface area contributed by atoms with Crippen LogP contribution in [0.2, 0.25) is 0 Å². The molecule has 2 amide bonds. The van der Waals surface area contributed by atoms with Gasteiger partial charge in [-0.2, -0.15) is 0 Å². The van der Waals surface area contributed by atoms with E-state index < -0.39 is 10.0 Å². The van der Waals surface area contributed by atoms with Crippen molar-refractivity contribution in [3.8, 4) is 0 Å². The largest absolute Gasteiger partial charge is 0.347 e. The molecular formula is C15H19N3O4S. The second-order valence-corrected chi connectivity index (χ2v) is 7.84. The summed E-state index contributed by atoms with van der Waals surface area (Å²) in [6.07, 6.45) is 2.42. The number of sulfonamides is 1. The van der Waals surface area contributed by atoms with Gasteiger partial charge in [0.2, 0.25) is 21.8 Å². The van der Waals surface area contributed by atoms with Crippen molar-refractivity contribution >= 4 is 33.2 Å². The molecule has 3 rings (SSSR count). The lowest BCUT2D eigenvalue weighted by Crippen LogP contribution is -2.33. The molecular weight excluding hydrogens is 318 g/mol. The fourth-order valence-corrected chi connectivity index (χ4v) is 4.07. The molecule has 0 aromatic heterocycles. The van der Waals surface area contributed by atoms with Gasteiger partial charge in [-0.3, -0.25) is 13.9 Å². The number of carbonyl (C=O) groups excluding carboxylic acids is 2. The first-order valence-electron chi connectivity index (χ1n) is 7.64. The Kier molecular flexibility index (Phi) is 4.25. The van der Waals surface area contributed by atoms with Crippen LogP contribution in [0.5, 0.6) is 0 Å². The lowest BCUT2D eigenvalue weighted by Gasteiger charge is -2.17. The van der Waals surface area contributed by atoms with Crippen molar-refractivity contribution in [2.24, 2.45) is 5.92 Å². The molecule has 124 valence electrons. The second kappa shape index (κ2) is 6.19. The van der Waals surface area contributed by atoms with Crippen molar-refractivity contribution in [2.45, 2.75) is 19.3 Å². The van der Waals surface area contributed by atoms with E-state index in [0.717, 1.165) is 12.8 Å². The van der Waals surface area contributed by atoms with Crippen molar-refractivity contribution < 1.29 is 18.0 Å². The van der Waals surface area contributed by atoms with Gasteiger partial charge in [-0.25, -0.2) is 8.42 Å². The standard InChI is InChI=1S/C15H19N3O4S/c19-14(10-16-15(20)11-2-3-11)17-12-4-6-13(7-5-12)18-8-1-9-23(18,21)22/h4-7,11H,1-3,8-10H2,(H,16,20)(H,17,19). The maximum Gasteiger partial charge on any atom is 0.243 e. The average molecular weight is 337 g/mol. The summed E-state index contributed by atoms with van der Waals surface area (Å²) in [5, 5.41) is 5.27. The SMILES string of the molecule is O=C(CNC(=O)C1CC1)Nc1ccc(N2CCCS2(=O)=O)cc1. The van der Waals surface area contributed by atoms with Crippen LogP contribution in [0.4, 0.5) is 11.4 Å². The third-order valence-corrected chi connectivity index (χ3v) is 5.78. The summed E-state index contributed by atoms with van der Waals surface area (Å²) in [4.78, 5) is 23.2. The fraction of sp³-hybridized carbons (Fsp3) is 0.467. The van der Waals surface area contributed by atoms with Crippen LogP contribution in [0.25, 0.3) is 0 Å². The number of carbonyl (C=O) groups is 2. The summed E-state index contributed by atoms with van der Waals surface area (Å²) in [5.41, 5.74) is 1.17. The van der Waals surface area contributed by atoms with Crippen molar-refractivity contribution in [2.75, 3.05) is 28.5 Å². The Morgan fingerprint density at radius 1 is 1.17 bits per heavy atom. The molecule has 1 aromatic carbocycles. The maximum absolute atomic E-state index is 11.8. The van der Waals surface area contributed by atoms with Crippen LogP contribution in [-0.2, 0) is 19.6 Å². The molecule has 1 aromatic rings. The van der Waals surface area contributed by atoms with Gasteiger partial charge < -0.3 is 10.6 Å². The van der Waals surface area contributed by atoms with Crippen LogP contribution < -0.4 is 14.9 Å². The highest BCUT2D eigenvalue weighted by Crippen LogP contribution is 2.28. The predicted octanol–water partition coefficient (Wildman–Crippen LogP) is 0.691. The Morgan fingerprint density at radius 3 is 2.43 bits per heavy atom. The molecule has 0 bridgehead atoms. The van der Waals surface area contributed by atoms with E-state index in [-0.39, 0.29) is 30.0 Å². The minimum absolute atomic E-state index is 0.0579. The maximum atomic E-state index is 11.8. The highest BCUT2D eigenvalue weighted by molar-refractivity contribution is 7.93. The van der Waals surface area contributed by atoms with Gasteiger partial charge in [-0.1, -0.05) is 0 Å². The van der Waals surface area contributed by atoms with Crippen LogP contribution in [0.1, 0.15) is 19.3 Å². The third-order valence-electron chi connectivity index (χ3n) is 3.91. The topological polar surface area (TPSA) is 95.6 Å². The molecule has 7 nitrogen and oxygen atoms in total. The van der Waals surface area contributed by atoms with Gasteiger partial charge in [-0.05, 0) is 43.5 Å². The molecule has 8 heteroatoms. The van der Waals surface area contributed by atoms with Gasteiger partial charge in [-0.15, -0.1) is 0 Å². The van der Waals surface area contributed by atoms with Crippen molar-refractivity contribution in [3.05, 3.63) is 24.3 Å². The lowest BCUT2D eigenvalue weighted by atomic mass is 10.2. The highest BCUT2D eigenvalue weighted by atomic mass is 32.2. The number of benzene rings is 1. The molecule has 2 N–H and O–H groups in total. The average Bonchev–Trinajstić information content (AvgIpc) is 3.30. The molecule has 1 heterocycles. The van der Waals surface area contributed by atoms with Gasteiger partial charge >= 0.3 is 0 Å². The third kappa shape index (κ3) is 3.82. The van der Waals surface area contributed by atoms with Gasteiger partial charge in [0.25, 0.3) is 0 Å².